The number of hydrogen-bond acceptors (Lipinski definition) is 4. The fraction of sp³-hybridized carbons (Fsp3) is 0.176. The van der Waals surface area contributed by atoms with Crippen LogP contribution in [0.25, 0.3) is 17.4 Å². The zero-order valence-corrected chi connectivity index (χ0v) is 14.7. The van der Waals surface area contributed by atoms with Crippen molar-refractivity contribution < 1.29 is 14.5 Å². The molecule has 0 aliphatic rings. The van der Waals surface area contributed by atoms with Crippen molar-refractivity contribution in [1.82, 2.24) is 5.32 Å². The van der Waals surface area contributed by atoms with Crippen LogP contribution in [0.4, 0.5) is 5.69 Å². The Labute approximate surface area is 145 Å². The van der Waals surface area contributed by atoms with Crippen LogP contribution in [0, 0.1) is 0 Å². The number of amides is 1. The van der Waals surface area contributed by atoms with Gasteiger partial charge in [0.05, 0.1) is 17.0 Å². The Bertz CT molecular complexity index is 723. The van der Waals surface area contributed by atoms with Gasteiger partial charge in [-0.05, 0) is 31.2 Å². The lowest BCUT2D eigenvalue weighted by Crippen LogP contribution is -2.77. The molecule has 0 radical (unpaired) electrons. The van der Waals surface area contributed by atoms with Gasteiger partial charge in [0.1, 0.15) is 17.2 Å². The average molecular weight is 347 g/mol. The Kier molecular flexibility index (Phi) is 6.58. The predicted octanol–water partition coefficient (Wildman–Crippen LogP) is 2.94. The van der Waals surface area contributed by atoms with Gasteiger partial charge in [0.2, 0.25) is 0 Å². The number of likely N-dealkylation sites (N-methyl/N-ethyl adjacent to an activating group) is 1. The molecule has 0 atom stereocenters. The molecule has 0 fully saturated rings. The smallest absolute Gasteiger partial charge is 0.257 e. The van der Waals surface area contributed by atoms with Crippen molar-refractivity contribution in [3.63, 3.8) is 0 Å². The van der Waals surface area contributed by atoms with Gasteiger partial charge in [0.25, 0.3) is 5.91 Å². The minimum absolute atomic E-state index is 0.186. The van der Waals surface area contributed by atoms with E-state index >= 15 is 0 Å². The monoisotopic (exact) mass is 347 g/mol. The maximum absolute atomic E-state index is 11.8. The quantitative estimate of drug-likeness (QED) is 0.459. The van der Waals surface area contributed by atoms with E-state index in [4.69, 9.17) is 16.6 Å². The van der Waals surface area contributed by atoms with Crippen molar-refractivity contribution in [1.29, 1.82) is 0 Å². The summed E-state index contributed by atoms with van der Waals surface area (Å²) in [5, 5.41) is 4.75. The number of furan rings is 1. The minimum Gasteiger partial charge on any atom is -0.456 e. The molecule has 0 unspecified atom stereocenters. The van der Waals surface area contributed by atoms with Crippen molar-refractivity contribution in [2.24, 2.45) is 0 Å². The molecule has 0 saturated carbocycles. The Hall–Kier alpha value is -1.89. The number of nitrogens with one attached hydrogen (secondary N) is 1. The van der Waals surface area contributed by atoms with E-state index in [9.17, 15) is 4.79 Å². The van der Waals surface area contributed by atoms with E-state index in [2.05, 4.69) is 23.6 Å². The van der Waals surface area contributed by atoms with Crippen molar-refractivity contribution in [2.45, 2.75) is 6.92 Å². The third kappa shape index (κ3) is 4.54. The van der Waals surface area contributed by atoms with Crippen LogP contribution in [0.1, 0.15) is 12.7 Å². The molecule has 0 bridgehead atoms. The molecular weight excluding hydrogens is 328 g/mol. The summed E-state index contributed by atoms with van der Waals surface area (Å²) in [5.74, 6) is 1.21. The lowest BCUT2D eigenvalue weighted by atomic mass is 10.1. The highest BCUT2D eigenvalue weighted by molar-refractivity contribution is 8.24. The Morgan fingerprint density at radius 2 is 2.13 bits per heavy atom. The molecule has 6 heteroatoms. The molecule has 120 valence electrons. The van der Waals surface area contributed by atoms with Crippen molar-refractivity contribution in [3.8, 4) is 11.3 Å². The van der Waals surface area contributed by atoms with Crippen LogP contribution in [0.2, 0.25) is 0 Å². The fourth-order valence-electron chi connectivity index (χ4n) is 2.15. The van der Waals surface area contributed by atoms with Gasteiger partial charge < -0.3 is 15.1 Å². The second-order valence-electron chi connectivity index (χ2n) is 4.70. The molecule has 1 aromatic carbocycles. The number of para-hydroxylation sites is 1. The first kappa shape index (κ1) is 17.5. The van der Waals surface area contributed by atoms with E-state index in [0.717, 1.165) is 23.6 Å². The van der Waals surface area contributed by atoms with E-state index in [-0.39, 0.29) is 5.91 Å². The minimum atomic E-state index is -0.186. The van der Waals surface area contributed by atoms with Crippen LogP contribution < -0.4 is 10.6 Å². The number of hydrogen-bond donors (Lipinski definition) is 2. The molecule has 0 spiro atoms. The molecule has 23 heavy (non-hydrogen) atoms. The largest absolute Gasteiger partial charge is 0.456 e. The van der Waals surface area contributed by atoms with Crippen molar-refractivity contribution in [3.05, 3.63) is 47.1 Å². The Morgan fingerprint density at radius 1 is 1.35 bits per heavy atom. The number of carbonyl (C=O) groups is 1. The average Bonchev–Trinajstić information content (AvgIpc) is 3.03. The summed E-state index contributed by atoms with van der Waals surface area (Å²) in [6.45, 7) is 3.06. The molecule has 1 aromatic heterocycles. The fourth-order valence-corrected chi connectivity index (χ4v) is 2.96. The summed E-state index contributed by atoms with van der Waals surface area (Å²) >= 11 is 6.01. The first-order valence-corrected chi connectivity index (χ1v) is 8.61. The molecule has 1 heterocycles. The highest BCUT2D eigenvalue weighted by atomic mass is 32.2. The van der Waals surface area contributed by atoms with Crippen LogP contribution in [-0.2, 0) is 4.79 Å². The summed E-state index contributed by atoms with van der Waals surface area (Å²) < 4.78 is 7.35. The normalized spacial score (nSPS) is 11.3. The molecule has 0 aliphatic heterocycles. The van der Waals surface area contributed by atoms with Crippen LogP contribution in [0.15, 0.2) is 45.7 Å². The Balaban J connectivity index is 2.33. The second-order valence-corrected chi connectivity index (χ2v) is 6.15. The number of benzene rings is 1. The lowest BCUT2D eigenvalue weighted by Gasteiger charge is -2.03. The SMILES string of the molecule is CC[NH2+]c1ccccc1-c1ccc(/C=C(\SC=S)C(=O)NC)o1. The molecule has 2 aromatic rings. The molecule has 0 saturated heterocycles. The van der Waals surface area contributed by atoms with Gasteiger partial charge in [0.15, 0.2) is 0 Å². The van der Waals surface area contributed by atoms with E-state index in [1.807, 2.05) is 30.3 Å². The number of thiocarbonyl (C=S) groups is 1. The highest BCUT2D eigenvalue weighted by Gasteiger charge is 2.13. The maximum atomic E-state index is 11.8. The van der Waals surface area contributed by atoms with Crippen LogP contribution in [-0.4, -0.2) is 24.2 Å². The molecule has 2 rings (SSSR count). The van der Waals surface area contributed by atoms with E-state index in [0.29, 0.717) is 10.7 Å². The zero-order chi connectivity index (χ0) is 16.7. The third-order valence-electron chi connectivity index (χ3n) is 3.18. The van der Waals surface area contributed by atoms with Crippen LogP contribution in [0.5, 0.6) is 0 Å². The summed E-state index contributed by atoms with van der Waals surface area (Å²) in [5.41, 5.74) is 2.18. The van der Waals surface area contributed by atoms with E-state index < -0.39 is 0 Å². The van der Waals surface area contributed by atoms with Gasteiger partial charge in [-0.2, -0.15) is 0 Å². The number of thioether (sulfide) groups is 1. The van der Waals surface area contributed by atoms with Crippen LogP contribution >= 0.6 is 24.0 Å². The molecule has 0 aliphatic carbocycles. The molecule has 4 nitrogen and oxygen atoms in total. The van der Waals surface area contributed by atoms with Crippen molar-refractivity contribution in [2.75, 3.05) is 13.6 Å². The summed E-state index contributed by atoms with van der Waals surface area (Å²) in [6.07, 6.45) is 1.70. The van der Waals surface area contributed by atoms with Gasteiger partial charge >= 0.3 is 0 Å². The van der Waals surface area contributed by atoms with E-state index in [1.165, 1.54) is 16.5 Å². The topological polar surface area (TPSA) is 58.9 Å². The number of quaternary nitrogens is 1. The van der Waals surface area contributed by atoms with Crippen LogP contribution in [0.3, 0.4) is 0 Å². The predicted molar refractivity (Wildman–Crippen MR) is 99.6 cm³/mol. The summed E-state index contributed by atoms with van der Waals surface area (Å²) in [6, 6.07) is 11.9. The standard InChI is InChI=1S/C17H18N2O2S2/c1-3-19-14-7-5-4-6-13(14)15-9-8-12(21-15)10-16(23-11-22)17(20)18-2/h4-11,19H,3H2,1-2H3,(H,18,20)/p+1/b16-10-. The maximum Gasteiger partial charge on any atom is 0.257 e. The van der Waals surface area contributed by atoms with Gasteiger partial charge in [-0.3, -0.25) is 4.79 Å². The van der Waals surface area contributed by atoms with Gasteiger partial charge in [-0.25, -0.2) is 0 Å². The van der Waals surface area contributed by atoms with Crippen molar-refractivity contribution >= 4 is 46.3 Å². The zero-order valence-electron chi connectivity index (χ0n) is 13.0. The van der Waals surface area contributed by atoms with Gasteiger partial charge in [0, 0.05) is 17.8 Å². The highest BCUT2D eigenvalue weighted by Crippen LogP contribution is 2.28. The van der Waals surface area contributed by atoms with Gasteiger partial charge in [-0.1, -0.05) is 36.1 Å². The molecule has 1 amide bonds. The Morgan fingerprint density at radius 3 is 2.83 bits per heavy atom. The third-order valence-corrected chi connectivity index (χ3v) is 4.12. The first-order chi connectivity index (χ1) is 11.2. The number of carbonyl (C=O) groups excluding carboxylic acids is 1. The summed E-state index contributed by atoms with van der Waals surface area (Å²) in [7, 11) is 1.59. The first-order valence-electron chi connectivity index (χ1n) is 7.26. The molecular formula is C17H19N2O2S2+. The number of rotatable bonds is 7. The molecule has 3 N–H and O–H groups in total. The lowest BCUT2D eigenvalue weighted by molar-refractivity contribution is -0.567. The summed E-state index contributed by atoms with van der Waals surface area (Å²) in [4.78, 5) is 12.3. The van der Waals surface area contributed by atoms with Gasteiger partial charge in [-0.15, -0.1) is 0 Å². The second kappa shape index (κ2) is 8.67. The number of nitrogens with two attached hydrogens (primary N) is 1. The van der Waals surface area contributed by atoms with E-state index in [1.54, 1.807) is 13.1 Å².